The number of carbonyl (C=O) groups is 2. The van der Waals surface area contributed by atoms with E-state index in [-0.39, 0.29) is 58.8 Å². The van der Waals surface area contributed by atoms with Crippen LogP contribution >= 0.6 is 0 Å². The van der Waals surface area contributed by atoms with Gasteiger partial charge in [0.1, 0.15) is 23.0 Å². The molecule has 2 N–H and O–H groups in total. The molecule has 0 atom stereocenters. The Labute approximate surface area is 403 Å². The minimum atomic E-state index is -0.581. The second-order valence-corrected chi connectivity index (χ2v) is 22.4. The molecule has 0 radical (unpaired) electrons. The largest absolute Gasteiger partial charge is 0.507 e. The van der Waals surface area contributed by atoms with Crippen LogP contribution in [-0.4, -0.2) is 22.2 Å². The zero-order valence-corrected chi connectivity index (χ0v) is 41.6. The second kappa shape index (κ2) is 18.2. The Hall–Kier alpha value is -7.02. The van der Waals surface area contributed by atoms with E-state index in [4.69, 9.17) is 22.3 Å². The zero-order valence-electron chi connectivity index (χ0n) is 41.6. The number of phenols is 2. The number of ether oxygens (including phenoxy) is 2. The van der Waals surface area contributed by atoms with Crippen molar-refractivity contribution < 1.29 is 29.3 Å². The van der Waals surface area contributed by atoms with E-state index in [1.807, 2.05) is 24.3 Å². The smallest absolute Gasteiger partial charge is 0.343 e. The first-order valence-corrected chi connectivity index (χ1v) is 23.3. The van der Waals surface area contributed by atoms with Gasteiger partial charge in [0.2, 0.25) is 0 Å². The molecule has 6 heteroatoms. The lowest BCUT2D eigenvalue weighted by molar-refractivity contribution is 0.0722. The second-order valence-electron chi connectivity index (χ2n) is 22.4. The molecule has 6 aromatic rings. The molecule has 0 fully saturated rings. The van der Waals surface area contributed by atoms with Gasteiger partial charge < -0.3 is 32.5 Å². The molecule has 1 aliphatic rings. The van der Waals surface area contributed by atoms with Crippen LogP contribution in [0.2, 0.25) is 0 Å². The van der Waals surface area contributed by atoms with Gasteiger partial charge >= 0.3 is 11.9 Å². The highest BCUT2D eigenvalue weighted by Gasteiger charge is 2.30. The zero-order chi connectivity index (χ0) is 49.7. The first-order valence-electron chi connectivity index (χ1n) is 23.3. The molecule has 348 valence electrons. The first kappa shape index (κ1) is 48.9. The van der Waals surface area contributed by atoms with Crippen molar-refractivity contribution in [1.29, 1.82) is 0 Å². The SMILES string of the molecule is [C-]#Cc1ccc(C(=O)Oc2c3cc(C(C)(C)C)cc2Cc2cc(C(C)(C)C)cc(c2O)Cc2cc(C(C)(C)C)cc(c2OC(=O)c2ccc(C#[C-])cc2)Cc2cc(C(C)(C)C)cc(c2O)C3)cc1. The van der Waals surface area contributed by atoms with Gasteiger partial charge in [0.05, 0.1) is 11.1 Å². The molecule has 1 aliphatic carbocycles. The normalized spacial score (nSPS) is 13.0. The summed E-state index contributed by atoms with van der Waals surface area (Å²) in [4.78, 5) is 28.5. The van der Waals surface area contributed by atoms with E-state index in [0.29, 0.717) is 78.3 Å². The highest BCUT2D eigenvalue weighted by Crippen LogP contribution is 2.44. The molecule has 6 nitrogen and oxygen atoms in total. The van der Waals surface area contributed by atoms with Crippen molar-refractivity contribution in [1.82, 2.24) is 0 Å². The number of hydrogen-bond donors (Lipinski definition) is 2. The number of hydrogen-bond acceptors (Lipinski definition) is 6. The van der Waals surface area contributed by atoms with E-state index in [9.17, 15) is 19.8 Å². The quantitative estimate of drug-likeness (QED) is 0.0791. The fourth-order valence-corrected chi connectivity index (χ4v) is 8.59. The predicted molar refractivity (Wildman–Crippen MR) is 270 cm³/mol. The topological polar surface area (TPSA) is 93.1 Å². The molecule has 0 aliphatic heterocycles. The summed E-state index contributed by atoms with van der Waals surface area (Å²) in [5.41, 5.74) is 9.55. The van der Waals surface area contributed by atoms with Gasteiger partial charge in [-0.3, -0.25) is 11.8 Å². The molecular weight excluding hydrogens is 841 g/mol. The highest BCUT2D eigenvalue weighted by molar-refractivity contribution is 5.92. The summed E-state index contributed by atoms with van der Waals surface area (Å²) < 4.78 is 13.0. The molecule has 0 spiro atoms. The van der Waals surface area contributed by atoms with Crippen LogP contribution < -0.4 is 9.47 Å². The minimum Gasteiger partial charge on any atom is -0.507 e. The standard InChI is InChI=1S/C62H62O6/c1-15-37-17-21-39(22-18-37)57(65)67-55-45-25-41-29-49(59(3,4)5)31-43(53(41)63)27-47-35-52(62(12,13)14)36-48(56(47)68-58(66)40-23-19-38(16-2)20-24-40)28-44-32-50(60(6,7)8)30-42(54(44)64)26-46(55)34-51(33-45)61(9,10)11/h17-24,29-36,63-64H,25-28H2,3-14H3/q-2. The number of carbonyl (C=O) groups excluding carboxylic acids is 2. The third-order valence-electron chi connectivity index (χ3n) is 12.9. The van der Waals surface area contributed by atoms with E-state index in [1.165, 1.54) is 0 Å². The summed E-state index contributed by atoms with van der Waals surface area (Å²) in [5.74, 6) is 4.42. The number of rotatable bonds is 4. The van der Waals surface area contributed by atoms with E-state index in [0.717, 1.165) is 22.3 Å². The fourth-order valence-electron chi connectivity index (χ4n) is 8.59. The lowest BCUT2D eigenvalue weighted by Crippen LogP contribution is -2.18. The fraction of sp³-hybridized carbons (Fsp3) is 0.323. The summed E-state index contributed by atoms with van der Waals surface area (Å²) in [6.45, 7) is 25.6. The van der Waals surface area contributed by atoms with Crippen LogP contribution in [0.3, 0.4) is 0 Å². The molecule has 8 bridgehead atoms. The Bertz CT molecular complexity index is 2730. The molecule has 0 amide bonds. The van der Waals surface area contributed by atoms with Gasteiger partial charge in [-0.2, -0.15) is 0 Å². The number of fused-ring (bicyclic) bond motifs is 8. The minimum absolute atomic E-state index is 0.0831. The first-order chi connectivity index (χ1) is 31.7. The van der Waals surface area contributed by atoms with E-state index < -0.39 is 11.9 Å². The van der Waals surface area contributed by atoms with Crippen molar-refractivity contribution in [3.05, 3.63) is 199 Å². The summed E-state index contributed by atoms with van der Waals surface area (Å²) >= 11 is 0. The maximum absolute atomic E-state index is 14.2. The van der Waals surface area contributed by atoms with Crippen LogP contribution in [0.15, 0.2) is 97.1 Å². The number of phenolic OH excluding ortho intramolecular Hbond substituents is 2. The Balaban J connectivity index is 1.56. The van der Waals surface area contributed by atoms with Crippen molar-refractivity contribution in [2.75, 3.05) is 0 Å². The van der Waals surface area contributed by atoms with Crippen molar-refractivity contribution in [3.8, 4) is 34.8 Å². The monoisotopic (exact) mass is 902 g/mol. The Morgan fingerprint density at radius 1 is 0.412 bits per heavy atom. The van der Waals surface area contributed by atoms with Crippen molar-refractivity contribution >= 4 is 11.9 Å². The number of aromatic hydroxyl groups is 2. The van der Waals surface area contributed by atoms with Gasteiger partial charge in [0, 0.05) is 47.9 Å². The van der Waals surface area contributed by atoms with Crippen LogP contribution in [0.25, 0.3) is 0 Å². The van der Waals surface area contributed by atoms with Crippen molar-refractivity contribution in [2.24, 2.45) is 0 Å². The van der Waals surface area contributed by atoms with Gasteiger partial charge in [-0.05, 0) is 66.2 Å². The van der Waals surface area contributed by atoms with Gasteiger partial charge in [-0.15, -0.1) is 35.4 Å². The van der Waals surface area contributed by atoms with Gasteiger partial charge in [-0.1, -0.05) is 156 Å². The maximum atomic E-state index is 14.2. The van der Waals surface area contributed by atoms with E-state index in [2.05, 4.69) is 119 Å². The van der Waals surface area contributed by atoms with Crippen molar-refractivity contribution in [3.63, 3.8) is 0 Å². The molecule has 0 saturated heterocycles. The molecule has 6 aromatic carbocycles. The summed E-state index contributed by atoms with van der Waals surface area (Å²) in [5, 5.41) is 25.3. The van der Waals surface area contributed by atoms with Crippen LogP contribution in [0.1, 0.15) is 182 Å². The average molecular weight is 903 g/mol. The summed E-state index contributed by atoms with van der Waals surface area (Å²) in [7, 11) is 0. The Morgan fingerprint density at radius 2 is 0.632 bits per heavy atom. The predicted octanol–water partition coefficient (Wildman–Crippen LogP) is 13.3. The average Bonchev–Trinajstić information content (AvgIpc) is 3.26. The molecule has 0 unspecified atom stereocenters. The third kappa shape index (κ3) is 10.6. The summed E-state index contributed by atoms with van der Waals surface area (Å²) in [6.07, 6.45) is 15.9. The molecule has 7 rings (SSSR count). The lowest BCUT2D eigenvalue weighted by Gasteiger charge is -2.28. The van der Waals surface area contributed by atoms with Crippen LogP contribution in [0, 0.1) is 24.7 Å². The molecule has 0 aromatic heterocycles. The van der Waals surface area contributed by atoms with Crippen molar-refractivity contribution in [2.45, 2.75) is 130 Å². The maximum Gasteiger partial charge on any atom is 0.343 e. The lowest BCUT2D eigenvalue weighted by atomic mass is 9.79. The molecule has 68 heavy (non-hydrogen) atoms. The van der Waals surface area contributed by atoms with E-state index in [1.54, 1.807) is 48.5 Å². The van der Waals surface area contributed by atoms with Crippen LogP contribution in [0.4, 0.5) is 0 Å². The van der Waals surface area contributed by atoms with Crippen LogP contribution in [0.5, 0.6) is 23.0 Å². The number of esters is 2. The van der Waals surface area contributed by atoms with E-state index >= 15 is 0 Å². The Morgan fingerprint density at radius 3 is 0.838 bits per heavy atom. The Kier molecular flexibility index (Phi) is 13.1. The molecule has 0 heterocycles. The highest BCUT2D eigenvalue weighted by atomic mass is 16.5. The molecular formula is C62H62O6-2. The van der Waals surface area contributed by atoms with Crippen LogP contribution in [-0.2, 0) is 47.3 Å². The van der Waals surface area contributed by atoms with Gasteiger partial charge in [-0.25, -0.2) is 9.59 Å². The van der Waals surface area contributed by atoms with Gasteiger partial charge in [0.15, 0.2) is 0 Å². The summed E-state index contributed by atoms with van der Waals surface area (Å²) in [6, 6.07) is 29.4. The third-order valence-corrected chi connectivity index (χ3v) is 12.9. The molecule has 0 saturated carbocycles. The number of benzene rings is 6. The van der Waals surface area contributed by atoms with Gasteiger partial charge in [0.25, 0.3) is 0 Å².